The molecule has 2 aromatic carbocycles. The Hall–Kier alpha value is -4.29. The van der Waals surface area contributed by atoms with Gasteiger partial charge in [-0.05, 0) is 55.0 Å². The van der Waals surface area contributed by atoms with Gasteiger partial charge < -0.3 is 15.0 Å². The molecule has 0 unspecified atom stereocenters. The summed E-state index contributed by atoms with van der Waals surface area (Å²) in [6, 6.07) is 15.5. The van der Waals surface area contributed by atoms with Crippen LogP contribution in [0.15, 0.2) is 54.7 Å². The molecule has 1 aliphatic rings. The highest BCUT2D eigenvalue weighted by Crippen LogP contribution is 2.32. The van der Waals surface area contributed by atoms with Crippen LogP contribution < -0.4 is 5.32 Å². The van der Waals surface area contributed by atoms with Crippen molar-refractivity contribution in [3.63, 3.8) is 0 Å². The van der Waals surface area contributed by atoms with Crippen LogP contribution in [0.25, 0.3) is 28.2 Å². The maximum absolute atomic E-state index is 14.6. The number of benzene rings is 2. The van der Waals surface area contributed by atoms with Gasteiger partial charge in [0.2, 0.25) is 0 Å². The molecule has 0 saturated carbocycles. The number of unbranched alkanes of at least 4 members (excludes halogenated alkanes) is 2. The van der Waals surface area contributed by atoms with Gasteiger partial charge in [-0.1, -0.05) is 19.8 Å². The minimum Gasteiger partial charge on any atom is -0.383 e. The number of aromatic nitrogens is 3. The average Bonchev–Trinajstić information content (AvgIpc) is 3.36. The lowest BCUT2D eigenvalue weighted by Gasteiger charge is -2.26. The molecule has 4 aromatic rings. The first-order chi connectivity index (χ1) is 18.6. The van der Waals surface area contributed by atoms with Crippen molar-refractivity contribution in [3.8, 4) is 23.1 Å². The van der Waals surface area contributed by atoms with Crippen LogP contribution in [0.1, 0.15) is 42.1 Å². The molecule has 9 heteroatoms. The number of carbonyl (C=O) groups is 1. The summed E-state index contributed by atoms with van der Waals surface area (Å²) >= 11 is 0. The zero-order valence-electron chi connectivity index (χ0n) is 21.3. The summed E-state index contributed by atoms with van der Waals surface area (Å²) < 4.78 is 21.8. The van der Waals surface area contributed by atoms with E-state index in [9.17, 15) is 14.4 Å². The summed E-state index contributed by atoms with van der Waals surface area (Å²) in [6.45, 7) is 5.18. The number of amides is 1. The molecule has 0 spiro atoms. The van der Waals surface area contributed by atoms with E-state index in [1.165, 1.54) is 12.1 Å². The van der Waals surface area contributed by atoms with Crippen LogP contribution in [0.4, 0.5) is 10.1 Å². The van der Waals surface area contributed by atoms with Crippen LogP contribution in [0.2, 0.25) is 0 Å². The SMILES string of the molecule is CCCCCNc1ccnc2c1nc(-c1ccc(C#N)c(F)c1)n2-c1ccc(C(=O)N2CCOCC2)cc1. The number of hydrogen-bond donors (Lipinski definition) is 1. The minimum absolute atomic E-state index is 0.0289. The van der Waals surface area contributed by atoms with Crippen molar-refractivity contribution in [2.24, 2.45) is 0 Å². The third kappa shape index (κ3) is 5.08. The van der Waals surface area contributed by atoms with Crippen LogP contribution in [-0.2, 0) is 4.74 Å². The molecule has 1 fully saturated rings. The predicted octanol–water partition coefficient (Wildman–Crippen LogP) is 5.17. The van der Waals surface area contributed by atoms with E-state index in [4.69, 9.17) is 9.72 Å². The Morgan fingerprint density at radius 3 is 2.63 bits per heavy atom. The van der Waals surface area contributed by atoms with Crippen molar-refractivity contribution in [2.75, 3.05) is 38.2 Å². The number of fused-ring (bicyclic) bond motifs is 1. The number of hydrogen-bond acceptors (Lipinski definition) is 6. The Morgan fingerprint density at radius 2 is 1.92 bits per heavy atom. The van der Waals surface area contributed by atoms with E-state index in [-0.39, 0.29) is 11.5 Å². The number of nitrogens with one attached hydrogen (secondary N) is 1. The van der Waals surface area contributed by atoms with Gasteiger partial charge in [-0.2, -0.15) is 5.26 Å². The molecule has 194 valence electrons. The van der Waals surface area contributed by atoms with Crippen molar-refractivity contribution < 1.29 is 13.9 Å². The Morgan fingerprint density at radius 1 is 1.13 bits per heavy atom. The van der Waals surface area contributed by atoms with Gasteiger partial charge in [-0.15, -0.1) is 0 Å². The number of nitriles is 1. The highest BCUT2D eigenvalue weighted by atomic mass is 19.1. The molecule has 0 bridgehead atoms. The topological polar surface area (TPSA) is 96.1 Å². The fourth-order valence-corrected chi connectivity index (χ4v) is 4.60. The van der Waals surface area contributed by atoms with Crippen LogP contribution in [0.3, 0.4) is 0 Å². The number of rotatable bonds is 8. The fourth-order valence-electron chi connectivity index (χ4n) is 4.60. The zero-order chi connectivity index (χ0) is 26.5. The van der Waals surface area contributed by atoms with Gasteiger partial charge in [0.25, 0.3) is 5.91 Å². The quantitative estimate of drug-likeness (QED) is 0.327. The smallest absolute Gasteiger partial charge is 0.254 e. The largest absolute Gasteiger partial charge is 0.383 e. The Kier molecular flexibility index (Phi) is 7.61. The molecule has 38 heavy (non-hydrogen) atoms. The molecule has 1 saturated heterocycles. The second-order valence-electron chi connectivity index (χ2n) is 9.19. The second kappa shape index (κ2) is 11.4. The summed E-state index contributed by atoms with van der Waals surface area (Å²) in [5, 5.41) is 12.6. The summed E-state index contributed by atoms with van der Waals surface area (Å²) in [4.78, 5) is 24.2. The van der Waals surface area contributed by atoms with Crippen molar-refractivity contribution in [1.29, 1.82) is 5.26 Å². The van der Waals surface area contributed by atoms with E-state index >= 15 is 0 Å². The molecule has 0 aliphatic carbocycles. The molecule has 0 atom stereocenters. The number of morpholine rings is 1. The fraction of sp³-hybridized carbons (Fsp3) is 0.310. The molecule has 2 aromatic heterocycles. The van der Waals surface area contributed by atoms with Gasteiger partial charge in [-0.25, -0.2) is 14.4 Å². The maximum atomic E-state index is 14.6. The lowest BCUT2D eigenvalue weighted by molar-refractivity contribution is 0.0303. The summed E-state index contributed by atoms with van der Waals surface area (Å²) in [5.74, 6) is -0.159. The number of anilines is 1. The number of carbonyl (C=O) groups excluding carboxylic acids is 1. The zero-order valence-corrected chi connectivity index (χ0v) is 21.3. The first-order valence-electron chi connectivity index (χ1n) is 12.9. The summed E-state index contributed by atoms with van der Waals surface area (Å²) in [6.07, 6.45) is 5.01. The molecule has 0 radical (unpaired) electrons. The summed E-state index contributed by atoms with van der Waals surface area (Å²) in [7, 11) is 0. The molecular weight excluding hydrogens is 483 g/mol. The molecular formula is C29H29FN6O2. The average molecular weight is 513 g/mol. The lowest BCUT2D eigenvalue weighted by atomic mass is 10.1. The van der Waals surface area contributed by atoms with Gasteiger partial charge in [-0.3, -0.25) is 9.36 Å². The molecule has 3 heterocycles. The predicted molar refractivity (Wildman–Crippen MR) is 144 cm³/mol. The maximum Gasteiger partial charge on any atom is 0.254 e. The summed E-state index contributed by atoms with van der Waals surface area (Å²) in [5.41, 5.74) is 3.93. The van der Waals surface area contributed by atoms with Gasteiger partial charge in [0.15, 0.2) is 5.65 Å². The van der Waals surface area contributed by atoms with Crippen LogP contribution in [0.5, 0.6) is 0 Å². The van der Waals surface area contributed by atoms with Crippen LogP contribution in [-0.4, -0.2) is 58.2 Å². The minimum atomic E-state index is -0.610. The van der Waals surface area contributed by atoms with Gasteiger partial charge in [0.05, 0.1) is 24.5 Å². The lowest BCUT2D eigenvalue weighted by Crippen LogP contribution is -2.40. The molecule has 1 amide bonds. The van der Waals surface area contributed by atoms with Crippen molar-refractivity contribution in [1.82, 2.24) is 19.4 Å². The van der Waals surface area contributed by atoms with Crippen LogP contribution >= 0.6 is 0 Å². The molecule has 5 rings (SSSR count). The van der Waals surface area contributed by atoms with E-state index in [2.05, 4.69) is 17.2 Å². The first-order valence-corrected chi connectivity index (χ1v) is 12.9. The first kappa shape index (κ1) is 25.4. The molecule has 8 nitrogen and oxygen atoms in total. The number of ether oxygens (including phenoxy) is 1. The Balaban J connectivity index is 1.58. The van der Waals surface area contributed by atoms with Crippen molar-refractivity contribution >= 4 is 22.8 Å². The van der Waals surface area contributed by atoms with E-state index < -0.39 is 5.82 Å². The number of pyridine rings is 1. The number of nitrogens with zero attached hydrogens (tertiary/aromatic N) is 5. The van der Waals surface area contributed by atoms with E-state index in [1.54, 1.807) is 29.3 Å². The Labute approximate surface area is 220 Å². The monoisotopic (exact) mass is 512 g/mol. The standard InChI is InChI=1S/C29H29FN6O2/c1-2-3-4-12-32-25-11-13-33-28-26(25)34-27(21-5-6-22(19-31)24(30)18-21)36(28)23-9-7-20(8-10-23)29(37)35-14-16-38-17-15-35/h5-11,13,18H,2-4,12,14-17H2,1H3,(H,32,33). The van der Waals surface area contributed by atoms with Gasteiger partial charge in [0.1, 0.15) is 23.2 Å². The normalized spacial score (nSPS) is 13.4. The molecule has 1 N–H and O–H groups in total. The van der Waals surface area contributed by atoms with E-state index in [0.29, 0.717) is 54.4 Å². The highest BCUT2D eigenvalue weighted by molar-refractivity contribution is 5.95. The van der Waals surface area contributed by atoms with Crippen molar-refractivity contribution in [3.05, 3.63) is 71.7 Å². The van der Waals surface area contributed by atoms with Crippen molar-refractivity contribution in [2.45, 2.75) is 26.2 Å². The van der Waals surface area contributed by atoms with Crippen LogP contribution in [0, 0.1) is 17.1 Å². The highest BCUT2D eigenvalue weighted by Gasteiger charge is 2.21. The number of halogens is 1. The van der Waals surface area contributed by atoms with E-state index in [1.807, 2.05) is 28.8 Å². The van der Waals surface area contributed by atoms with E-state index in [0.717, 1.165) is 37.2 Å². The molecule has 1 aliphatic heterocycles. The van der Waals surface area contributed by atoms with Gasteiger partial charge in [0, 0.05) is 42.6 Å². The van der Waals surface area contributed by atoms with Gasteiger partial charge >= 0.3 is 0 Å². The Bertz CT molecular complexity index is 1490. The third-order valence-corrected chi connectivity index (χ3v) is 6.66. The third-order valence-electron chi connectivity index (χ3n) is 6.66. The number of imidazole rings is 1. The second-order valence-corrected chi connectivity index (χ2v) is 9.19.